The summed E-state index contributed by atoms with van der Waals surface area (Å²) >= 11 is 0. The van der Waals surface area contributed by atoms with E-state index in [9.17, 15) is 18.0 Å². The van der Waals surface area contributed by atoms with E-state index < -0.39 is 21.1 Å². The molecule has 0 fully saturated rings. The lowest BCUT2D eigenvalue weighted by Crippen LogP contribution is -2.29. The minimum Gasteiger partial charge on any atom is -0.274 e. The van der Waals surface area contributed by atoms with E-state index in [2.05, 4.69) is 4.98 Å². The highest BCUT2D eigenvalue weighted by Crippen LogP contribution is 2.21. The van der Waals surface area contributed by atoms with E-state index in [1.807, 2.05) is 31.2 Å². The van der Waals surface area contributed by atoms with E-state index in [0.717, 1.165) is 11.8 Å². The van der Waals surface area contributed by atoms with Crippen molar-refractivity contribution in [1.82, 2.24) is 9.55 Å². The molecule has 0 aliphatic heterocycles. The van der Waals surface area contributed by atoms with Crippen molar-refractivity contribution in [3.05, 3.63) is 81.0 Å². The minimum atomic E-state index is -3.33. The molecule has 0 atom stereocenters. The Balaban J connectivity index is 2.24. The van der Waals surface area contributed by atoms with Gasteiger partial charge >= 0.3 is 5.69 Å². The van der Waals surface area contributed by atoms with E-state index in [1.165, 1.54) is 34.9 Å². The summed E-state index contributed by atoms with van der Waals surface area (Å²) < 4.78 is 24.5. The number of nitrogens with one attached hydrogen (secondary N) is 1. The smallest absolute Gasteiger partial charge is 0.274 e. The zero-order valence-electron chi connectivity index (χ0n) is 13.7. The normalized spacial score (nSPS) is 11.4. The van der Waals surface area contributed by atoms with Crippen molar-refractivity contribution in [3.63, 3.8) is 0 Å². The Kier molecular flexibility index (Phi) is 4.18. The second kappa shape index (κ2) is 6.18. The van der Waals surface area contributed by atoms with Gasteiger partial charge in [-0.3, -0.25) is 14.3 Å². The van der Waals surface area contributed by atoms with Gasteiger partial charge in [-0.1, -0.05) is 29.8 Å². The van der Waals surface area contributed by atoms with Crippen LogP contribution in [0.4, 0.5) is 0 Å². The molecule has 7 heteroatoms. The molecule has 2 aromatic carbocycles. The van der Waals surface area contributed by atoms with Gasteiger partial charge in [-0.05, 0) is 36.8 Å². The Morgan fingerprint density at radius 1 is 0.920 bits per heavy atom. The summed E-state index contributed by atoms with van der Waals surface area (Å²) in [7, 11) is -3.33. The lowest BCUT2D eigenvalue weighted by molar-refractivity contribution is 0.602. The molecule has 0 aliphatic rings. The van der Waals surface area contributed by atoms with E-state index in [4.69, 9.17) is 0 Å². The number of aromatic nitrogens is 2. The maximum atomic E-state index is 12.4. The van der Waals surface area contributed by atoms with E-state index >= 15 is 0 Å². The number of nitrogens with zero attached hydrogens (tertiary/aromatic N) is 1. The number of aryl methyl sites for hydroxylation is 1. The molecule has 1 aromatic heterocycles. The fourth-order valence-corrected chi connectivity index (χ4v) is 3.16. The maximum absolute atomic E-state index is 12.4. The zero-order chi connectivity index (χ0) is 18.2. The van der Waals surface area contributed by atoms with Gasteiger partial charge in [-0.2, -0.15) is 0 Å². The zero-order valence-corrected chi connectivity index (χ0v) is 14.5. The summed E-state index contributed by atoms with van der Waals surface area (Å²) in [5.41, 5.74) is 1.57. The van der Waals surface area contributed by atoms with Gasteiger partial charge in [0.1, 0.15) is 0 Å². The summed E-state index contributed by atoms with van der Waals surface area (Å²) in [5.74, 6) is 0. The van der Waals surface area contributed by atoms with Gasteiger partial charge in [-0.25, -0.2) is 13.2 Å². The fourth-order valence-electron chi connectivity index (χ4n) is 2.53. The third-order valence-electron chi connectivity index (χ3n) is 3.81. The SMILES string of the molecule is Cc1ccc(-c2cc(=O)[nH]c(=O)n2-c2ccc(S(C)(=O)=O)cc2)cc1. The number of H-pyrrole nitrogens is 1. The lowest BCUT2D eigenvalue weighted by Gasteiger charge is -2.13. The molecule has 0 aliphatic carbocycles. The molecule has 0 radical (unpaired) electrons. The molecule has 0 unspecified atom stereocenters. The first-order valence-corrected chi connectivity index (χ1v) is 9.39. The van der Waals surface area contributed by atoms with Crippen LogP contribution >= 0.6 is 0 Å². The molecule has 0 saturated carbocycles. The first-order chi connectivity index (χ1) is 11.8. The van der Waals surface area contributed by atoms with Crippen LogP contribution in [0.2, 0.25) is 0 Å². The van der Waals surface area contributed by atoms with Crippen molar-refractivity contribution in [3.8, 4) is 16.9 Å². The van der Waals surface area contributed by atoms with Gasteiger partial charge in [0.2, 0.25) is 0 Å². The first kappa shape index (κ1) is 16.9. The van der Waals surface area contributed by atoms with Crippen molar-refractivity contribution in [1.29, 1.82) is 0 Å². The van der Waals surface area contributed by atoms with E-state index in [0.29, 0.717) is 16.9 Å². The maximum Gasteiger partial charge on any atom is 0.333 e. The third kappa shape index (κ3) is 3.46. The molecule has 128 valence electrons. The van der Waals surface area contributed by atoms with Gasteiger partial charge < -0.3 is 0 Å². The summed E-state index contributed by atoms with van der Waals surface area (Å²) in [6, 6.07) is 14.7. The molecule has 6 nitrogen and oxygen atoms in total. The number of benzene rings is 2. The molecule has 0 bridgehead atoms. The highest BCUT2D eigenvalue weighted by atomic mass is 32.2. The number of rotatable bonds is 3. The minimum absolute atomic E-state index is 0.158. The van der Waals surface area contributed by atoms with Crippen LogP contribution in [0.3, 0.4) is 0 Å². The second-order valence-electron chi connectivity index (χ2n) is 5.79. The molecule has 3 rings (SSSR count). The number of aromatic amines is 1. The van der Waals surface area contributed by atoms with Gasteiger partial charge in [-0.15, -0.1) is 0 Å². The number of sulfone groups is 1. The fraction of sp³-hybridized carbons (Fsp3) is 0.111. The van der Waals surface area contributed by atoms with E-state index in [1.54, 1.807) is 0 Å². The average molecular weight is 356 g/mol. The highest BCUT2D eigenvalue weighted by molar-refractivity contribution is 7.90. The molecular weight excluding hydrogens is 340 g/mol. The Hall–Kier alpha value is -2.93. The summed E-state index contributed by atoms with van der Waals surface area (Å²) in [6.07, 6.45) is 1.12. The highest BCUT2D eigenvalue weighted by Gasteiger charge is 2.12. The van der Waals surface area contributed by atoms with Gasteiger partial charge in [0.25, 0.3) is 5.56 Å². The monoisotopic (exact) mass is 356 g/mol. The van der Waals surface area contributed by atoms with Crippen LogP contribution in [0.25, 0.3) is 16.9 Å². The summed E-state index contributed by atoms with van der Waals surface area (Å²) in [5, 5.41) is 0. The Morgan fingerprint density at radius 2 is 1.52 bits per heavy atom. The standard InChI is InChI=1S/C18H16N2O4S/c1-12-3-5-13(6-4-12)16-11-17(21)19-18(22)20(16)14-7-9-15(10-8-14)25(2,23)24/h3-11H,1-2H3,(H,19,21,22). The van der Waals surface area contributed by atoms with Crippen molar-refractivity contribution >= 4 is 9.84 Å². The number of hydrogen-bond acceptors (Lipinski definition) is 4. The molecule has 1 heterocycles. The Labute approximate surface area is 144 Å². The molecule has 0 spiro atoms. The van der Waals surface area contributed by atoms with Crippen molar-refractivity contribution in [2.24, 2.45) is 0 Å². The van der Waals surface area contributed by atoms with Crippen LogP contribution in [0.5, 0.6) is 0 Å². The molecule has 1 N–H and O–H groups in total. The lowest BCUT2D eigenvalue weighted by atomic mass is 10.1. The topological polar surface area (TPSA) is 89.0 Å². The van der Waals surface area contributed by atoms with Crippen molar-refractivity contribution in [2.45, 2.75) is 11.8 Å². The van der Waals surface area contributed by atoms with Crippen LogP contribution in [0.1, 0.15) is 5.56 Å². The Bertz CT molecular complexity index is 1140. The van der Waals surface area contributed by atoms with Gasteiger partial charge in [0.05, 0.1) is 16.3 Å². The van der Waals surface area contributed by atoms with Crippen LogP contribution in [-0.4, -0.2) is 24.2 Å². The second-order valence-corrected chi connectivity index (χ2v) is 7.81. The Morgan fingerprint density at radius 3 is 2.08 bits per heavy atom. The molecule has 25 heavy (non-hydrogen) atoms. The van der Waals surface area contributed by atoms with Crippen LogP contribution in [-0.2, 0) is 9.84 Å². The van der Waals surface area contributed by atoms with Crippen LogP contribution < -0.4 is 11.2 Å². The van der Waals surface area contributed by atoms with Gasteiger partial charge in [0, 0.05) is 12.3 Å². The third-order valence-corrected chi connectivity index (χ3v) is 4.94. The van der Waals surface area contributed by atoms with Crippen LogP contribution in [0.15, 0.2) is 69.1 Å². The van der Waals surface area contributed by atoms with Crippen molar-refractivity contribution in [2.75, 3.05) is 6.26 Å². The van der Waals surface area contributed by atoms with Gasteiger partial charge in [0.15, 0.2) is 9.84 Å². The largest absolute Gasteiger partial charge is 0.333 e. The summed E-state index contributed by atoms with van der Waals surface area (Å²) in [4.78, 5) is 26.5. The molecular formula is C18H16N2O4S. The van der Waals surface area contributed by atoms with Crippen LogP contribution in [0, 0.1) is 6.92 Å². The van der Waals surface area contributed by atoms with Crippen molar-refractivity contribution < 1.29 is 8.42 Å². The predicted molar refractivity (Wildman–Crippen MR) is 95.9 cm³/mol. The molecule has 3 aromatic rings. The summed E-state index contributed by atoms with van der Waals surface area (Å²) in [6.45, 7) is 1.94. The quantitative estimate of drug-likeness (QED) is 0.776. The predicted octanol–water partition coefficient (Wildman–Crippen LogP) is 1.90. The first-order valence-electron chi connectivity index (χ1n) is 7.49. The molecule has 0 saturated heterocycles. The molecule has 0 amide bonds. The van der Waals surface area contributed by atoms with E-state index in [-0.39, 0.29) is 4.90 Å². The number of hydrogen-bond donors (Lipinski definition) is 1. The average Bonchev–Trinajstić information content (AvgIpc) is 2.54.